The fourth-order valence-electron chi connectivity index (χ4n) is 1.65. The molecule has 0 aliphatic heterocycles. The van der Waals surface area contributed by atoms with Crippen LogP contribution < -0.4 is 4.90 Å². The standard InChI is InChI=1S/C13H14N4S/c1-10-12(18-9-15-10)6-7-17(2)13-5-3-4-11(8-14)16-13/h3-5,9H,6-7H2,1-2H3. The summed E-state index contributed by atoms with van der Waals surface area (Å²) in [6.45, 7) is 2.89. The average molecular weight is 258 g/mol. The van der Waals surface area contributed by atoms with Gasteiger partial charge in [0, 0.05) is 24.9 Å². The molecule has 5 heteroatoms. The van der Waals surface area contributed by atoms with E-state index in [4.69, 9.17) is 5.26 Å². The van der Waals surface area contributed by atoms with E-state index in [-0.39, 0.29) is 0 Å². The van der Waals surface area contributed by atoms with E-state index < -0.39 is 0 Å². The van der Waals surface area contributed by atoms with Gasteiger partial charge in [-0.05, 0) is 19.1 Å². The number of pyridine rings is 1. The number of aryl methyl sites for hydroxylation is 1. The topological polar surface area (TPSA) is 52.8 Å². The number of thiazole rings is 1. The molecule has 0 amide bonds. The van der Waals surface area contributed by atoms with E-state index in [2.05, 4.69) is 20.9 Å². The van der Waals surface area contributed by atoms with E-state index in [1.807, 2.05) is 31.6 Å². The summed E-state index contributed by atoms with van der Waals surface area (Å²) in [5, 5.41) is 8.82. The van der Waals surface area contributed by atoms with Crippen LogP contribution in [0.3, 0.4) is 0 Å². The van der Waals surface area contributed by atoms with Crippen molar-refractivity contribution in [3.8, 4) is 6.07 Å². The molecule has 2 rings (SSSR count). The van der Waals surface area contributed by atoms with Gasteiger partial charge in [-0.1, -0.05) is 6.07 Å². The largest absolute Gasteiger partial charge is 0.359 e. The molecule has 2 aromatic rings. The van der Waals surface area contributed by atoms with Crippen LogP contribution in [-0.2, 0) is 6.42 Å². The number of nitriles is 1. The molecule has 0 spiro atoms. The minimum absolute atomic E-state index is 0.452. The van der Waals surface area contributed by atoms with Gasteiger partial charge in [-0.2, -0.15) is 5.26 Å². The fourth-order valence-corrected chi connectivity index (χ4v) is 2.42. The van der Waals surface area contributed by atoms with Gasteiger partial charge in [-0.25, -0.2) is 9.97 Å². The zero-order valence-corrected chi connectivity index (χ0v) is 11.2. The Kier molecular flexibility index (Phi) is 3.90. The summed E-state index contributed by atoms with van der Waals surface area (Å²) in [6.07, 6.45) is 0.950. The minimum Gasteiger partial charge on any atom is -0.359 e. The first kappa shape index (κ1) is 12.5. The van der Waals surface area contributed by atoms with Gasteiger partial charge in [0.1, 0.15) is 17.6 Å². The molecule has 0 fully saturated rings. The summed E-state index contributed by atoms with van der Waals surface area (Å²) >= 11 is 1.68. The number of rotatable bonds is 4. The number of anilines is 1. The lowest BCUT2D eigenvalue weighted by atomic mass is 10.3. The zero-order valence-electron chi connectivity index (χ0n) is 10.4. The molecule has 0 unspecified atom stereocenters. The van der Waals surface area contributed by atoms with Gasteiger partial charge in [0.05, 0.1) is 11.2 Å². The van der Waals surface area contributed by atoms with Crippen molar-refractivity contribution in [1.29, 1.82) is 5.26 Å². The molecule has 2 heterocycles. The Labute approximate surface area is 111 Å². The second-order valence-corrected chi connectivity index (χ2v) is 4.96. The first-order valence-corrected chi connectivity index (χ1v) is 6.56. The van der Waals surface area contributed by atoms with Crippen molar-refractivity contribution in [3.05, 3.63) is 40.0 Å². The smallest absolute Gasteiger partial charge is 0.142 e. The highest BCUT2D eigenvalue weighted by atomic mass is 32.1. The van der Waals surface area contributed by atoms with Crippen molar-refractivity contribution in [3.63, 3.8) is 0 Å². The molecule has 2 aromatic heterocycles. The molecule has 0 N–H and O–H groups in total. The number of hydrogen-bond acceptors (Lipinski definition) is 5. The van der Waals surface area contributed by atoms with E-state index in [0.717, 1.165) is 24.5 Å². The van der Waals surface area contributed by atoms with Crippen molar-refractivity contribution in [2.45, 2.75) is 13.3 Å². The number of hydrogen-bond donors (Lipinski definition) is 0. The highest BCUT2D eigenvalue weighted by Crippen LogP contribution is 2.15. The summed E-state index contributed by atoms with van der Waals surface area (Å²) in [4.78, 5) is 11.9. The minimum atomic E-state index is 0.452. The molecule has 4 nitrogen and oxygen atoms in total. The quantitative estimate of drug-likeness (QED) is 0.845. The Morgan fingerprint density at radius 3 is 2.94 bits per heavy atom. The SMILES string of the molecule is Cc1ncsc1CCN(C)c1cccc(C#N)n1. The zero-order chi connectivity index (χ0) is 13.0. The van der Waals surface area contributed by atoms with Gasteiger partial charge in [-0.3, -0.25) is 0 Å². The lowest BCUT2D eigenvalue weighted by molar-refractivity contribution is 0.861. The Morgan fingerprint density at radius 2 is 2.28 bits per heavy atom. The molecule has 0 saturated carbocycles. The molecule has 18 heavy (non-hydrogen) atoms. The van der Waals surface area contributed by atoms with Gasteiger partial charge < -0.3 is 4.90 Å². The molecular formula is C13H14N4S. The molecule has 0 radical (unpaired) electrons. The van der Waals surface area contributed by atoms with E-state index in [1.54, 1.807) is 17.4 Å². The van der Waals surface area contributed by atoms with Crippen LogP contribution in [0.15, 0.2) is 23.7 Å². The summed E-state index contributed by atoms with van der Waals surface area (Å²) in [5.74, 6) is 0.830. The molecule has 0 bridgehead atoms. The van der Waals surface area contributed by atoms with Gasteiger partial charge in [0.2, 0.25) is 0 Å². The third-order valence-electron chi connectivity index (χ3n) is 2.76. The first-order chi connectivity index (χ1) is 8.70. The van der Waals surface area contributed by atoms with Gasteiger partial charge in [-0.15, -0.1) is 11.3 Å². The van der Waals surface area contributed by atoms with E-state index in [0.29, 0.717) is 5.69 Å². The van der Waals surface area contributed by atoms with Gasteiger partial charge >= 0.3 is 0 Å². The van der Waals surface area contributed by atoms with Crippen molar-refractivity contribution in [1.82, 2.24) is 9.97 Å². The third-order valence-corrected chi connectivity index (χ3v) is 3.75. The van der Waals surface area contributed by atoms with E-state index >= 15 is 0 Å². The maximum Gasteiger partial charge on any atom is 0.142 e. The van der Waals surface area contributed by atoms with Gasteiger partial charge in [0.25, 0.3) is 0 Å². The van der Waals surface area contributed by atoms with Crippen molar-refractivity contribution in [2.24, 2.45) is 0 Å². The molecule has 92 valence electrons. The van der Waals surface area contributed by atoms with Crippen LogP contribution in [-0.4, -0.2) is 23.6 Å². The van der Waals surface area contributed by atoms with Crippen molar-refractivity contribution >= 4 is 17.2 Å². The highest BCUT2D eigenvalue weighted by molar-refractivity contribution is 7.09. The Morgan fingerprint density at radius 1 is 1.44 bits per heavy atom. The highest BCUT2D eigenvalue weighted by Gasteiger charge is 2.06. The number of aromatic nitrogens is 2. The van der Waals surface area contributed by atoms with Crippen LogP contribution in [0.25, 0.3) is 0 Å². The predicted molar refractivity (Wildman–Crippen MR) is 72.8 cm³/mol. The van der Waals surface area contributed by atoms with Crippen LogP contribution in [0.2, 0.25) is 0 Å². The van der Waals surface area contributed by atoms with Crippen molar-refractivity contribution in [2.75, 3.05) is 18.5 Å². The van der Waals surface area contributed by atoms with Crippen LogP contribution in [0.4, 0.5) is 5.82 Å². The molecular weight excluding hydrogens is 244 g/mol. The molecule has 0 saturated heterocycles. The molecule has 0 aromatic carbocycles. The predicted octanol–water partition coefficient (Wildman–Crippen LogP) is 2.40. The van der Waals surface area contributed by atoms with E-state index in [1.165, 1.54) is 4.88 Å². The number of nitrogens with zero attached hydrogens (tertiary/aromatic N) is 4. The Bertz CT molecular complexity index is 570. The third kappa shape index (κ3) is 2.84. The number of likely N-dealkylation sites (N-methyl/N-ethyl adjacent to an activating group) is 1. The lowest BCUT2D eigenvalue weighted by Gasteiger charge is -2.17. The lowest BCUT2D eigenvalue weighted by Crippen LogP contribution is -2.21. The molecule has 0 atom stereocenters. The van der Waals surface area contributed by atoms with Crippen LogP contribution in [0.1, 0.15) is 16.3 Å². The van der Waals surface area contributed by atoms with Crippen LogP contribution in [0, 0.1) is 18.3 Å². The molecule has 0 aliphatic rings. The second kappa shape index (κ2) is 5.61. The van der Waals surface area contributed by atoms with Crippen LogP contribution >= 0.6 is 11.3 Å². The van der Waals surface area contributed by atoms with E-state index in [9.17, 15) is 0 Å². The van der Waals surface area contributed by atoms with Crippen LogP contribution in [0.5, 0.6) is 0 Å². The maximum atomic E-state index is 8.82. The summed E-state index contributed by atoms with van der Waals surface area (Å²) in [5.41, 5.74) is 3.43. The maximum absolute atomic E-state index is 8.82. The van der Waals surface area contributed by atoms with Crippen molar-refractivity contribution < 1.29 is 0 Å². The van der Waals surface area contributed by atoms with Gasteiger partial charge in [0.15, 0.2) is 0 Å². The monoisotopic (exact) mass is 258 g/mol. The Hall–Kier alpha value is -1.93. The summed E-state index contributed by atoms with van der Waals surface area (Å²) < 4.78 is 0. The fraction of sp³-hybridized carbons (Fsp3) is 0.308. The second-order valence-electron chi connectivity index (χ2n) is 4.03. The summed E-state index contributed by atoms with van der Waals surface area (Å²) in [7, 11) is 1.99. The average Bonchev–Trinajstić information content (AvgIpc) is 2.81. The normalized spacial score (nSPS) is 10.1. The first-order valence-electron chi connectivity index (χ1n) is 5.68. The Balaban J connectivity index is 2.01. The summed E-state index contributed by atoms with van der Waals surface area (Å²) in [6, 6.07) is 7.54. The molecule has 0 aliphatic carbocycles.